The van der Waals surface area contributed by atoms with Crippen LogP contribution < -0.4 is 0 Å². The number of aromatic amines is 1. The number of amides is 3. The lowest BCUT2D eigenvalue weighted by Crippen LogP contribution is -2.57. The molecule has 0 spiro atoms. The Morgan fingerprint density at radius 3 is 2.00 bits per heavy atom. The maximum Gasteiger partial charge on any atom is 0.320 e. The van der Waals surface area contributed by atoms with E-state index in [4.69, 9.17) is 0 Å². The first kappa shape index (κ1) is 18.6. The number of carbonyl (C=O) groups is 2. The van der Waals surface area contributed by atoms with Gasteiger partial charge in [-0.25, -0.2) is 4.79 Å². The van der Waals surface area contributed by atoms with E-state index < -0.39 is 0 Å². The largest absolute Gasteiger partial charge is 0.367 e. The minimum absolute atomic E-state index is 0.0304. The monoisotopic (exact) mass is 381 g/mol. The van der Waals surface area contributed by atoms with Crippen molar-refractivity contribution in [2.45, 2.75) is 6.54 Å². The second kappa shape index (κ2) is 8.48. The van der Waals surface area contributed by atoms with Crippen molar-refractivity contribution in [2.75, 3.05) is 52.4 Å². The van der Waals surface area contributed by atoms with E-state index in [9.17, 15) is 9.59 Å². The van der Waals surface area contributed by atoms with Crippen LogP contribution in [0.5, 0.6) is 0 Å². The highest BCUT2D eigenvalue weighted by Gasteiger charge is 2.29. The first-order chi connectivity index (χ1) is 13.7. The Labute approximate surface area is 165 Å². The summed E-state index contributed by atoms with van der Waals surface area (Å²) in [6.07, 6.45) is 3.47. The minimum atomic E-state index is 0.0304. The molecule has 7 heteroatoms. The van der Waals surface area contributed by atoms with Crippen molar-refractivity contribution >= 4 is 11.9 Å². The molecule has 3 amide bonds. The topological polar surface area (TPSA) is 62.9 Å². The molecular weight excluding hydrogens is 354 g/mol. The normalized spacial score (nSPS) is 18.4. The fraction of sp³-hybridized carbons (Fsp3) is 0.429. The summed E-state index contributed by atoms with van der Waals surface area (Å²) < 4.78 is 0. The predicted molar refractivity (Wildman–Crippen MR) is 107 cm³/mol. The van der Waals surface area contributed by atoms with E-state index in [2.05, 4.69) is 34.1 Å². The first-order valence-corrected chi connectivity index (χ1v) is 9.93. The van der Waals surface area contributed by atoms with E-state index in [0.717, 1.165) is 32.7 Å². The van der Waals surface area contributed by atoms with Crippen molar-refractivity contribution in [3.05, 3.63) is 59.9 Å². The third kappa shape index (κ3) is 4.20. The van der Waals surface area contributed by atoms with Crippen molar-refractivity contribution in [3.63, 3.8) is 0 Å². The average molecular weight is 381 g/mol. The van der Waals surface area contributed by atoms with E-state index in [1.807, 2.05) is 20.8 Å². The maximum atomic E-state index is 12.8. The minimum Gasteiger partial charge on any atom is -0.367 e. The number of H-pyrrole nitrogens is 1. The van der Waals surface area contributed by atoms with E-state index in [1.165, 1.54) is 5.56 Å². The van der Waals surface area contributed by atoms with Crippen LogP contribution in [0.2, 0.25) is 0 Å². The van der Waals surface area contributed by atoms with Crippen LogP contribution in [-0.2, 0) is 6.54 Å². The van der Waals surface area contributed by atoms with Gasteiger partial charge in [-0.05, 0) is 11.6 Å². The Balaban J connectivity index is 1.23. The van der Waals surface area contributed by atoms with Crippen LogP contribution in [-0.4, -0.2) is 88.9 Å². The summed E-state index contributed by atoms with van der Waals surface area (Å²) in [7, 11) is 0. The number of hydrogen-bond donors (Lipinski definition) is 1. The van der Waals surface area contributed by atoms with E-state index in [1.54, 1.807) is 18.5 Å². The molecule has 2 fully saturated rings. The van der Waals surface area contributed by atoms with Gasteiger partial charge < -0.3 is 19.7 Å². The van der Waals surface area contributed by atoms with Crippen LogP contribution in [0.3, 0.4) is 0 Å². The van der Waals surface area contributed by atoms with Crippen LogP contribution in [0.1, 0.15) is 15.9 Å². The van der Waals surface area contributed by atoms with Gasteiger partial charge in [-0.3, -0.25) is 9.69 Å². The second-order valence-corrected chi connectivity index (χ2v) is 7.41. The molecule has 4 rings (SSSR count). The van der Waals surface area contributed by atoms with Gasteiger partial charge >= 0.3 is 6.03 Å². The third-order valence-electron chi connectivity index (χ3n) is 5.57. The summed E-state index contributed by atoms with van der Waals surface area (Å²) in [5.74, 6) is 0.0304. The molecule has 28 heavy (non-hydrogen) atoms. The highest BCUT2D eigenvalue weighted by atomic mass is 16.2. The number of benzene rings is 1. The van der Waals surface area contributed by atoms with Gasteiger partial charge in [0, 0.05) is 71.3 Å². The Kier molecular flexibility index (Phi) is 5.62. The quantitative estimate of drug-likeness (QED) is 0.880. The zero-order valence-electron chi connectivity index (χ0n) is 16.1. The number of aromatic nitrogens is 1. The van der Waals surface area contributed by atoms with Gasteiger partial charge in [-0.1, -0.05) is 30.3 Å². The summed E-state index contributed by atoms with van der Waals surface area (Å²) in [6.45, 7) is 6.61. The summed E-state index contributed by atoms with van der Waals surface area (Å²) in [6, 6.07) is 12.3. The number of nitrogens with one attached hydrogen (secondary N) is 1. The smallest absolute Gasteiger partial charge is 0.320 e. The lowest BCUT2D eigenvalue weighted by Gasteiger charge is -2.40. The van der Waals surface area contributed by atoms with Gasteiger partial charge in [0.15, 0.2) is 0 Å². The molecule has 0 bridgehead atoms. The summed E-state index contributed by atoms with van der Waals surface area (Å²) in [4.78, 5) is 36.2. The zero-order chi connectivity index (χ0) is 19.3. The number of carbonyl (C=O) groups excluding carboxylic acids is 2. The van der Waals surface area contributed by atoms with Crippen molar-refractivity contribution < 1.29 is 9.59 Å². The number of rotatable bonds is 3. The third-order valence-corrected chi connectivity index (χ3v) is 5.57. The first-order valence-electron chi connectivity index (χ1n) is 9.93. The van der Waals surface area contributed by atoms with Crippen LogP contribution in [0, 0.1) is 0 Å². The molecular formula is C21H27N5O2. The molecule has 2 aliphatic heterocycles. The van der Waals surface area contributed by atoms with Crippen molar-refractivity contribution in [1.29, 1.82) is 0 Å². The molecule has 3 heterocycles. The summed E-state index contributed by atoms with van der Waals surface area (Å²) in [5.41, 5.74) is 1.99. The Bertz CT molecular complexity index is 776. The highest BCUT2D eigenvalue weighted by molar-refractivity contribution is 5.94. The molecule has 1 N–H and O–H groups in total. The Hall–Kier alpha value is -2.80. The van der Waals surface area contributed by atoms with Crippen LogP contribution in [0.15, 0.2) is 48.8 Å². The van der Waals surface area contributed by atoms with Gasteiger partial charge in [0.25, 0.3) is 5.91 Å². The molecule has 2 aromatic rings. The second-order valence-electron chi connectivity index (χ2n) is 7.41. The molecule has 0 saturated carbocycles. The van der Waals surface area contributed by atoms with Crippen molar-refractivity contribution in [2.24, 2.45) is 0 Å². The number of piperazine rings is 2. The molecule has 0 radical (unpaired) electrons. The fourth-order valence-electron chi connectivity index (χ4n) is 3.88. The van der Waals surface area contributed by atoms with Gasteiger partial charge in [-0.15, -0.1) is 0 Å². The molecule has 7 nitrogen and oxygen atoms in total. The van der Waals surface area contributed by atoms with Crippen LogP contribution >= 0.6 is 0 Å². The Morgan fingerprint density at radius 1 is 0.786 bits per heavy atom. The Morgan fingerprint density at radius 2 is 1.39 bits per heavy atom. The molecule has 1 aromatic carbocycles. The molecule has 0 unspecified atom stereocenters. The lowest BCUT2D eigenvalue weighted by atomic mass is 10.2. The SMILES string of the molecule is O=C(c1cc[nH]c1)N1CCN(C(=O)N2CCN(Cc3ccccc3)CC2)CC1. The van der Waals surface area contributed by atoms with E-state index in [-0.39, 0.29) is 11.9 Å². The number of urea groups is 1. The van der Waals surface area contributed by atoms with Gasteiger partial charge in [0.2, 0.25) is 0 Å². The number of hydrogen-bond acceptors (Lipinski definition) is 3. The standard InChI is InChI=1S/C21H27N5O2/c27-20(19-6-7-22-16-19)24-12-14-26(15-13-24)21(28)25-10-8-23(9-11-25)17-18-4-2-1-3-5-18/h1-7,16,22H,8-15,17H2. The van der Waals surface area contributed by atoms with Crippen molar-refractivity contribution in [1.82, 2.24) is 24.6 Å². The summed E-state index contributed by atoms with van der Waals surface area (Å²) >= 11 is 0. The van der Waals surface area contributed by atoms with Gasteiger partial charge in [-0.2, -0.15) is 0 Å². The molecule has 148 valence electrons. The molecule has 2 saturated heterocycles. The maximum absolute atomic E-state index is 12.8. The van der Waals surface area contributed by atoms with Gasteiger partial charge in [0.1, 0.15) is 0 Å². The lowest BCUT2D eigenvalue weighted by molar-refractivity contribution is 0.0610. The van der Waals surface area contributed by atoms with Gasteiger partial charge in [0.05, 0.1) is 5.56 Å². The van der Waals surface area contributed by atoms with E-state index in [0.29, 0.717) is 31.7 Å². The molecule has 0 atom stereocenters. The molecule has 0 aliphatic carbocycles. The number of nitrogens with zero attached hydrogens (tertiary/aromatic N) is 4. The highest BCUT2D eigenvalue weighted by Crippen LogP contribution is 2.13. The fourth-order valence-corrected chi connectivity index (χ4v) is 3.88. The predicted octanol–water partition coefficient (Wildman–Crippen LogP) is 1.71. The van der Waals surface area contributed by atoms with Crippen LogP contribution in [0.4, 0.5) is 4.79 Å². The molecule has 2 aliphatic rings. The molecule has 1 aromatic heterocycles. The van der Waals surface area contributed by atoms with Crippen LogP contribution in [0.25, 0.3) is 0 Å². The van der Waals surface area contributed by atoms with E-state index >= 15 is 0 Å². The van der Waals surface area contributed by atoms with Crippen molar-refractivity contribution in [3.8, 4) is 0 Å². The summed E-state index contributed by atoms with van der Waals surface area (Å²) in [5, 5.41) is 0. The average Bonchev–Trinajstić information content (AvgIpc) is 3.29. The zero-order valence-corrected chi connectivity index (χ0v) is 16.1.